The van der Waals surface area contributed by atoms with Crippen LogP contribution in [0.25, 0.3) is 22.4 Å². The number of rotatable bonds is 3. The Morgan fingerprint density at radius 2 is 1.91 bits per heavy atom. The highest BCUT2D eigenvalue weighted by atomic mass is 19.1. The average molecular weight is 454 g/mol. The lowest BCUT2D eigenvalue weighted by Crippen LogP contribution is -2.43. The van der Waals surface area contributed by atoms with Crippen molar-refractivity contribution in [2.45, 2.75) is 33.0 Å². The van der Waals surface area contributed by atoms with Crippen LogP contribution in [0.5, 0.6) is 0 Å². The van der Waals surface area contributed by atoms with Gasteiger partial charge in [-0.15, -0.1) is 0 Å². The molecule has 1 saturated heterocycles. The van der Waals surface area contributed by atoms with Crippen molar-refractivity contribution in [2.24, 2.45) is 6.98 Å². The molecule has 0 unspecified atom stereocenters. The van der Waals surface area contributed by atoms with Gasteiger partial charge in [0.25, 0.3) is 0 Å². The normalized spacial score (nSPS) is 20.5. The fourth-order valence-corrected chi connectivity index (χ4v) is 3.91. The summed E-state index contributed by atoms with van der Waals surface area (Å²) in [7, 11) is 0. The van der Waals surface area contributed by atoms with Gasteiger partial charge in [0.05, 0.1) is 30.2 Å². The van der Waals surface area contributed by atoms with Crippen molar-refractivity contribution in [3.8, 4) is 11.3 Å². The number of aromatic nitrogens is 6. The molecule has 8 nitrogen and oxygen atoms in total. The number of anilines is 1. The summed E-state index contributed by atoms with van der Waals surface area (Å²) in [5, 5.41) is 3.95. The molecule has 4 aromatic rings. The third kappa shape index (κ3) is 4.02. The molecule has 5 rings (SSSR count). The summed E-state index contributed by atoms with van der Waals surface area (Å²) in [6.07, 6.45) is 2.15. The molecule has 33 heavy (non-hydrogen) atoms. The van der Waals surface area contributed by atoms with Crippen LogP contribution >= 0.6 is 0 Å². The Hall–Kier alpha value is -3.53. The molecule has 170 valence electrons. The van der Waals surface area contributed by atoms with E-state index in [4.69, 9.17) is 8.85 Å². The zero-order chi connectivity index (χ0) is 25.8. The molecule has 0 radical (unpaired) electrons. The van der Waals surface area contributed by atoms with Crippen molar-refractivity contribution in [2.75, 3.05) is 18.0 Å². The first-order valence-corrected chi connectivity index (χ1v) is 10.4. The number of nitrogens with zero attached hydrogens (tertiary/aromatic N) is 7. The highest BCUT2D eigenvalue weighted by Crippen LogP contribution is 2.32. The molecule has 0 bridgehead atoms. The van der Waals surface area contributed by atoms with E-state index in [0.717, 1.165) is 16.8 Å². The molecule has 10 heteroatoms. The van der Waals surface area contributed by atoms with E-state index in [0.29, 0.717) is 35.6 Å². The molecule has 1 aromatic carbocycles. The molecular weight excluding hydrogens is 428 g/mol. The van der Waals surface area contributed by atoms with Crippen LogP contribution in [0, 0.1) is 25.5 Å². The molecule has 1 aliphatic heterocycles. The molecular formula is C23H23F2N7O. The van der Waals surface area contributed by atoms with Gasteiger partial charge in [-0.25, -0.2) is 23.7 Å². The number of halogens is 2. The third-order valence-corrected chi connectivity index (χ3v) is 5.63. The Morgan fingerprint density at radius 3 is 2.67 bits per heavy atom. The molecule has 0 N–H and O–H groups in total. The molecule has 0 spiro atoms. The van der Waals surface area contributed by atoms with Crippen LogP contribution in [0.15, 0.2) is 30.6 Å². The van der Waals surface area contributed by atoms with Crippen molar-refractivity contribution in [1.82, 2.24) is 29.7 Å². The van der Waals surface area contributed by atoms with E-state index in [1.54, 1.807) is 13.8 Å². The second-order valence-electron chi connectivity index (χ2n) is 8.12. The first-order chi connectivity index (χ1) is 17.0. The zero-order valence-corrected chi connectivity index (χ0v) is 18.3. The molecule has 1 aliphatic rings. The number of hydrogen-bond acceptors (Lipinski definition) is 7. The van der Waals surface area contributed by atoms with Crippen molar-refractivity contribution < 1.29 is 17.6 Å². The molecule has 2 atom stereocenters. The third-order valence-electron chi connectivity index (χ3n) is 5.63. The summed E-state index contributed by atoms with van der Waals surface area (Å²) in [4.78, 5) is 20.2. The minimum absolute atomic E-state index is 0.0828. The number of hydrogen-bond donors (Lipinski definition) is 0. The fraction of sp³-hybridized carbons (Fsp3) is 0.348. The highest BCUT2D eigenvalue weighted by Gasteiger charge is 2.30. The minimum atomic E-state index is -2.40. The summed E-state index contributed by atoms with van der Waals surface area (Å²) in [6, 6.07) is 3.28. The molecule has 0 saturated carbocycles. The number of aryl methyl sites for hydroxylation is 3. The predicted octanol–water partition coefficient (Wildman–Crippen LogP) is 3.68. The molecule has 0 amide bonds. The number of benzene rings is 1. The van der Waals surface area contributed by atoms with Crippen LogP contribution < -0.4 is 4.90 Å². The van der Waals surface area contributed by atoms with E-state index < -0.39 is 24.7 Å². The first-order valence-electron chi connectivity index (χ1n) is 11.9. The van der Waals surface area contributed by atoms with Gasteiger partial charge in [-0.1, -0.05) is 0 Å². The Morgan fingerprint density at radius 1 is 1.09 bits per heavy atom. The largest absolute Gasteiger partial charge is 0.367 e. The summed E-state index contributed by atoms with van der Waals surface area (Å²) < 4.78 is 58.1. The standard InChI is InChI=1S/C23H23F2N7O/c1-12-9-32(11-19(33-12)15-8-26-31(4)10-15)23-29-20(17-6-5-16(24)7-18(17)25)21-22(30-23)28-14(3)13(2)27-21/h5-8,10,12,19H,9,11H2,1-4H3/t12-,19-/m1/s1/i4D3. The monoisotopic (exact) mass is 454 g/mol. The summed E-state index contributed by atoms with van der Waals surface area (Å²) in [6.45, 7) is 3.79. The van der Waals surface area contributed by atoms with Gasteiger partial charge in [0.15, 0.2) is 5.65 Å². The van der Waals surface area contributed by atoms with Gasteiger partial charge in [0, 0.05) is 41.0 Å². The molecule has 3 aromatic heterocycles. The molecule has 4 heterocycles. The maximum Gasteiger partial charge on any atom is 0.228 e. The van der Waals surface area contributed by atoms with E-state index in [1.165, 1.54) is 18.5 Å². The Kier molecular flexibility index (Phi) is 4.41. The topological polar surface area (TPSA) is 81.9 Å². The van der Waals surface area contributed by atoms with Gasteiger partial charge < -0.3 is 9.64 Å². The van der Waals surface area contributed by atoms with Crippen molar-refractivity contribution in [1.29, 1.82) is 0 Å². The number of fused-ring (bicyclic) bond motifs is 1. The summed E-state index contributed by atoms with van der Waals surface area (Å²) in [5.41, 5.74) is 2.79. The van der Waals surface area contributed by atoms with E-state index >= 15 is 0 Å². The second kappa shape index (κ2) is 8.11. The summed E-state index contributed by atoms with van der Waals surface area (Å²) >= 11 is 0. The minimum Gasteiger partial charge on any atom is -0.367 e. The maximum absolute atomic E-state index is 14.8. The quantitative estimate of drug-likeness (QED) is 0.467. The van der Waals surface area contributed by atoms with Crippen molar-refractivity contribution in [3.63, 3.8) is 0 Å². The molecule has 0 aliphatic carbocycles. The van der Waals surface area contributed by atoms with Crippen LogP contribution in [-0.2, 0) is 11.7 Å². The maximum atomic E-state index is 14.8. The van der Waals surface area contributed by atoms with Gasteiger partial charge in [0.2, 0.25) is 5.95 Å². The Labute approximate surface area is 193 Å². The zero-order valence-electron chi connectivity index (χ0n) is 21.3. The van der Waals surface area contributed by atoms with E-state index in [1.807, 2.05) is 11.8 Å². The fourth-order valence-electron chi connectivity index (χ4n) is 3.91. The predicted molar refractivity (Wildman–Crippen MR) is 119 cm³/mol. The van der Waals surface area contributed by atoms with Crippen LogP contribution in [0.3, 0.4) is 0 Å². The van der Waals surface area contributed by atoms with Crippen LogP contribution in [0.4, 0.5) is 14.7 Å². The van der Waals surface area contributed by atoms with E-state index in [2.05, 4.69) is 25.0 Å². The Bertz CT molecular complexity index is 1460. The van der Waals surface area contributed by atoms with Gasteiger partial charge >= 0.3 is 0 Å². The van der Waals surface area contributed by atoms with Crippen LogP contribution in [0.1, 0.15) is 34.1 Å². The van der Waals surface area contributed by atoms with E-state index in [-0.39, 0.29) is 29.0 Å². The second-order valence-corrected chi connectivity index (χ2v) is 8.12. The van der Waals surface area contributed by atoms with Crippen LogP contribution in [-0.4, -0.2) is 48.9 Å². The van der Waals surface area contributed by atoms with Gasteiger partial charge in [-0.2, -0.15) is 10.1 Å². The average Bonchev–Trinajstić information content (AvgIpc) is 3.30. The number of ether oxygens (including phenoxy) is 1. The van der Waals surface area contributed by atoms with Gasteiger partial charge in [-0.3, -0.25) is 4.68 Å². The lowest BCUT2D eigenvalue weighted by Gasteiger charge is -2.36. The lowest BCUT2D eigenvalue weighted by molar-refractivity contribution is -0.0178. The highest BCUT2D eigenvalue weighted by molar-refractivity contribution is 5.88. The van der Waals surface area contributed by atoms with E-state index in [9.17, 15) is 8.78 Å². The molecule has 1 fully saturated rings. The van der Waals surface area contributed by atoms with Crippen molar-refractivity contribution in [3.05, 3.63) is 59.2 Å². The lowest BCUT2D eigenvalue weighted by atomic mass is 10.1. The first kappa shape index (κ1) is 18.0. The summed E-state index contributed by atoms with van der Waals surface area (Å²) in [5.74, 6) is -1.19. The Balaban J connectivity index is 1.59. The van der Waals surface area contributed by atoms with Crippen LogP contribution in [0.2, 0.25) is 0 Å². The van der Waals surface area contributed by atoms with Crippen molar-refractivity contribution >= 4 is 17.1 Å². The number of morpholine rings is 1. The smallest absolute Gasteiger partial charge is 0.228 e. The SMILES string of the molecule is [2H]C([2H])([2H])n1cc([C@H]2CN(c3nc(-c4ccc(F)cc4F)c4nc(C)c(C)nc4n3)C[C@@H](C)O2)cn1. The van der Waals surface area contributed by atoms with Gasteiger partial charge in [-0.05, 0) is 32.9 Å². The van der Waals surface area contributed by atoms with Gasteiger partial charge in [0.1, 0.15) is 28.9 Å².